The zero-order valence-electron chi connectivity index (χ0n) is 14.0. The Hall–Kier alpha value is -2.78. The Morgan fingerprint density at radius 2 is 2.08 bits per heavy atom. The molecule has 1 atom stereocenters. The molecule has 26 heavy (non-hydrogen) atoms. The molecule has 0 bridgehead atoms. The molecule has 1 fully saturated rings. The van der Waals surface area contributed by atoms with Crippen LogP contribution in [0.2, 0.25) is 0 Å². The molecular formula is C16H19F3N4O3. The smallest absolute Gasteiger partial charge is 0.353 e. The predicted octanol–water partition coefficient (Wildman–Crippen LogP) is 1.56. The van der Waals surface area contributed by atoms with Gasteiger partial charge in [-0.25, -0.2) is 4.79 Å². The van der Waals surface area contributed by atoms with Gasteiger partial charge >= 0.3 is 12.2 Å². The van der Waals surface area contributed by atoms with Gasteiger partial charge in [0.25, 0.3) is 0 Å². The first kappa shape index (κ1) is 19.5. The normalized spacial score (nSPS) is 17.5. The largest absolute Gasteiger partial charge is 0.416 e. The average molecular weight is 372 g/mol. The first-order valence-corrected chi connectivity index (χ1v) is 8.01. The first-order chi connectivity index (χ1) is 12.2. The number of benzene rings is 1. The number of rotatable bonds is 4. The minimum absolute atomic E-state index is 0.0365. The van der Waals surface area contributed by atoms with Crippen LogP contribution in [-0.2, 0) is 15.8 Å². The Labute approximate surface area is 147 Å². The van der Waals surface area contributed by atoms with Gasteiger partial charge in [0.1, 0.15) is 6.04 Å². The van der Waals surface area contributed by atoms with E-state index in [0.717, 1.165) is 12.1 Å². The molecule has 1 aromatic carbocycles. The van der Waals surface area contributed by atoms with Crippen molar-refractivity contribution in [1.82, 2.24) is 15.5 Å². The molecule has 0 aliphatic carbocycles. The molecule has 142 valence electrons. The molecule has 0 aromatic heterocycles. The van der Waals surface area contributed by atoms with Crippen LogP contribution in [0.5, 0.6) is 0 Å². The van der Waals surface area contributed by atoms with E-state index in [0.29, 0.717) is 6.54 Å². The van der Waals surface area contributed by atoms with Gasteiger partial charge in [0, 0.05) is 25.3 Å². The van der Waals surface area contributed by atoms with Gasteiger partial charge in [-0.15, -0.1) is 0 Å². The van der Waals surface area contributed by atoms with Crippen molar-refractivity contribution < 1.29 is 27.6 Å². The van der Waals surface area contributed by atoms with Crippen molar-refractivity contribution in [2.75, 3.05) is 25.0 Å². The highest BCUT2D eigenvalue weighted by molar-refractivity contribution is 5.97. The number of carbonyl (C=O) groups is 3. The lowest BCUT2D eigenvalue weighted by atomic mass is 10.1. The number of alkyl halides is 3. The first-order valence-electron chi connectivity index (χ1n) is 8.01. The van der Waals surface area contributed by atoms with Crippen LogP contribution in [0.25, 0.3) is 0 Å². The van der Waals surface area contributed by atoms with Crippen molar-refractivity contribution in [3.63, 3.8) is 0 Å². The third kappa shape index (κ3) is 4.87. The summed E-state index contributed by atoms with van der Waals surface area (Å²) in [6, 6.07) is 2.68. The summed E-state index contributed by atoms with van der Waals surface area (Å²) in [6.07, 6.45) is -4.89. The fraction of sp³-hybridized carbons (Fsp3) is 0.438. The number of piperazine rings is 1. The number of nitrogens with zero attached hydrogens (tertiary/aromatic N) is 1. The van der Waals surface area contributed by atoms with Crippen LogP contribution in [0.15, 0.2) is 24.3 Å². The van der Waals surface area contributed by atoms with Gasteiger partial charge < -0.3 is 20.9 Å². The lowest BCUT2D eigenvalue weighted by molar-refractivity contribution is -0.137. The van der Waals surface area contributed by atoms with Gasteiger partial charge in [-0.1, -0.05) is 6.07 Å². The Bertz CT molecular complexity index is 694. The zero-order chi connectivity index (χ0) is 19.3. The Morgan fingerprint density at radius 3 is 2.73 bits per heavy atom. The molecule has 1 aliphatic rings. The van der Waals surface area contributed by atoms with Crippen molar-refractivity contribution in [1.29, 1.82) is 0 Å². The van der Waals surface area contributed by atoms with Gasteiger partial charge in [-0.05, 0) is 25.1 Å². The molecule has 4 amide bonds. The number of nitrogens with one attached hydrogen (secondary N) is 3. The highest BCUT2D eigenvalue weighted by Crippen LogP contribution is 2.30. The number of carbonyl (C=O) groups excluding carboxylic acids is 3. The quantitative estimate of drug-likeness (QED) is 0.749. The van der Waals surface area contributed by atoms with E-state index in [1.807, 2.05) is 0 Å². The minimum atomic E-state index is -4.53. The van der Waals surface area contributed by atoms with Gasteiger partial charge in [0.05, 0.1) is 12.0 Å². The maximum absolute atomic E-state index is 12.7. The fourth-order valence-electron chi connectivity index (χ4n) is 2.57. The molecule has 0 radical (unpaired) electrons. The van der Waals surface area contributed by atoms with E-state index in [4.69, 9.17) is 0 Å². The zero-order valence-corrected chi connectivity index (χ0v) is 14.0. The second-order valence-electron chi connectivity index (χ2n) is 5.67. The molecule has 7 nitrogen and oxygen atoms in total. The standard InChI is InChI=1S/C16H19F3N4O3/c1-2-20-15(26)23-7-6-21-14(25)12(23)9-13(24)22-11-5-3-4-10(8-11)16(17,18)19/h3-5,8,12H,2,6-7,9H2,1H3,(H,20,26)(H,21,25)(H,22,24)/t12-/m0/s1. The number of amides is 4. The van der Waals surface area contributed by atoms with Crippen LogP contribution in [-0.4, -0.2) is 48.4 Å². The third-order valence-electron chi connectivity index (χ3n) is 3.77. The minimum Gasteiger partial charge on any atom is -0.353 e. The van der Waals surface area contributed by atoms with E-state index >= 15 is 0 Å². The predicted molar refractivity (Wildman–Crippen MR) is 87.3 cm³/mol. The number of urea groups is 1. The van der Waals surface area contributed by atoms with Crippen LogP contribution >= 0.6 is 0 Å². The number of hydrogen-bond acceptors (Lipinski definition) is 3. The fourth-order valence-corrected chi connectivity index (χ4v) is 2.57. The molecule has 3 N–H and O–H groups in total. The van der Waals surface area contributed by atoms with Crippen LogP contribution < -0.4 is 16.0 Å². The van der Waals surface area contributed by atoms with Crippen molar-refractivity contribution in [2.24, 2.45) is 0 Å². The van der Waals surface area contributed by atoms with Crippen molar-refractivity contribution in [2.45, 2.75) is 25.6 Å². The summed E-state index contributed by atoms with van der Waals surface area (Å²) in [4.78, 5) is 37.5. The third-order valence-corrected chi connectivity index (χ3v) is 3.77. The van der Waals surface area contributed by atoms with E-state index in [9.17, 15) is 27.6 Å². The van der Waals surface area contributed by atoms with E-state index in [-0.39, 0.29) is 25.2 Å². The lowest BCUT2D eigenvalue weighted by Gasteiger charge is -2.34. The van der Waals surface area contributed by atoms with E-state index < -0.39 is 35.6 Å². The maximum atomic E-state index is 12.7. The summed E-state index contributed by atoms with van der Waals surface area (Å²) in [7, 11) is 0. The molecule has 0 saturated carbocycles. The average Bonchev–Trinajstić information content (AvgIpc) is 2.56. The van der Waals surface area contributed by atoms with Crippen LogP contribution in [0.1, 0.15) is 18.9 Å². The summed E-state index contributed by atoms with van der Waals surface area (Å²) >= 11 is 0. The summed E-state index contributed by atoms with van der Waals surface area (Å²) < 4.78 is 38.2. The van der Waals surface area contributed by atoms with Gasteiger partial charge in [-0.2, -0.15) is 13.2 Å². The Kier molecular flexibility index (Phi) is 6.06. The summed E-state index contributed by atoms with van der Waals surface area (Å²) in [6.45, 7) is 2.58. The van der Waals surface area contributed by atoms with E-state index in [1.165, 1.54) is 17.0 Å². The SMILES string of the molecule is CCNC(=O)N1CCNC(=O)[C@@H]1CC(=O)Nc1cccc(C(F)(F)F)c1. The maximum Gasteiger partial charge on any atom is 0.416 e. The van der Waals surface area contributed by atoms with E-state index in [2.05, 4.69) is 16.0 Å². The summed E-state index contributed by atoms with van der Waals surface area (Å²) in [5.74, 6) is -1.15. The number of halogens is 3. The van der Waals surface area contributed by atoms with Gasteiger partial charge in [-0.3, -0.25) is 9.59 Å². The highest BCUT2D eigenvalue weighted by atomic mass is 19.4. The van der Waals surface area contributed by atoms with Crippen molar-refractivity contribution >= 4 is 23.5 Å². The highest BCUT2D eigenvalue weighted by Gasteiger charge is 2.35. The monoisotopic (exact) mass is 372 g/mol. The molecule has 0 spiro atoms. The second-order valence-corrected chi connectivity index (χ2v) is 5.67. The topological polar surface area (TPSA) is 90.5 Å². The molecule has 2 rings (SSSR count). The molecular weight excluding hydrogens is 353 g/mol. The Morgan fingerprint density at radius 1 is 1.35 bits per heavy atom. The Balaban J connectivity index is 2.07. The lowest BCUT2D eigenvalue weighted by Crippen LogP contribution is -2.60. The summed E-state index contributed by atoms with van der Waals surface area (Å²) in [5.41, 5.74) is -0.930. The van der Waals surface area contributed by atoms with Gasteiger partial charge in [0.2, 0.25) is 11.8 Å². The molecule has 1 aliphatic heterocycles. The second kappa shape index (κ2) is 8.07. The van der Waals surface area contributed by atoms with Crippen molar-refractivity contribution in [3.05, 3.63) is 29.8 Å². The molecule has 0 unspecified atom stereocenters. The number of anilines is 1. The van der Waals surface area contributed by atoms with E-state index in [1.54, 1.807) is 6.92 Å². The molecule has 1 heterocycles. The summed E-state index contributed by atoms with van der Waals surface area (Å²) in [5, 5.41) is 7.47. The van der Waals surface area contributed by atoms with Crippen LogP contribution in [0.3, 0.4) is 0 Å². The van der Waals surface area contributed by atoms with Crippen molar-refractivity contribution in [3.8, 4) is 0 Å². The molecule has 1 aromatic rings. The molecule has 1 saturated heterocycles. The van der Waals surface area contributed by atoms with Gasteiger partial charge in [0.15, 0.2) is 0 Å². The van der Waals surface area contributed by atoms with Crippen LogP contribution in [0, 0.1) is 0 Å². The molecule has 10 heteroatoms. The van der Waals surface area contributed by atoms with Crippen LogP contribution in [0.4, 0.5) is 23.7 Å². The number of hydrogen-bond donors (Lipinski definition) is 3.